The van der Waals surface area contributed by atoms with Crippen LogP contribution in [0.15, 0.2) is 18.2 Å². The summed E-state index contributed by atoms with van der Waals surface area (Å²) in [6.07, 6.45) is 5.17. The fraction of sp³-hybridized carbons (Fsp3) is 0.625. The Bertz CT molecular complexity index is 481. The molecule has 1 aliphatic carbocycles. The molecule has 1 atom stereocenters. The van der Waals surface area contributed by atoms with Crippen LogP contribution >= 0.6 is 0 Å². The van der Waals surface area contributed by atoms with Crippen LogP contribution in [0.25, 0.3) is 0 Å². The lowest BCUT2D eigenvalue weighted by molar-refractivity contribution is -0.120. The zero-order valence-electron chi connectivity index (χ0n) is 11.9. The minimum Gasteiger partial charge on any atom is -0.381 e. The van der Waals surface area contributed by atoms with Gasteiger partial charge in [-0.1, -0.05) is 6.07 Å². The third-order valence-electron chi connectivity index (χ3n) is 5.11. The molecular weight excluding hydrogens is 260 g/mol. The normalized spacial score (nSPS) is 25.6. The molecule has 0 amide bonds. The lowest BCUT2D eigenvalue weighted by Crippen LogP contribution is -2.52. The summed E-state index contributed by atoms with van der Waals surface area (Å²) in [7, 11) is 1.80. The van der Waals surface area contributed by atoms with Gasteiger partial charge in [-0.15, -0.1) is 0 Å². The zero-order chi connectivity index (χ0) is 14.2. The summed E-state index contributed by atoms with van der Waals surface area (Å²) in [5.74, 6) is -1.53. The summed E-state index contributed by atoms with van der Waals surface area (Å²) in [6.45, 7) is 2.72. The van der Waals surface area contributed by atoms with Gasteiger partial charge in [0.05, 0.1) is 6.10 Å². The monoisotopic (exact) mass is 281 g/mol. The zero-order valence-corrected chi connectivity index (χ0v) is 11.9. The maximum absolute atomic E-state index is 13.2. The van der Waals surface area contributed by atoms with Gasteiger partial charge in [-0.3, -0.25) is 4.90 Å². The van der Waals surface area contributed by atoms with E-state index in [9.17, 15) is 8.78 Å². The first-order valence-electron chi connectivity index (χ1n) is 7.32. The van der Waals surface area contributed by atoms with Crippen molar-refractivity contribution in [1.29, 1.82) is 0 Å². The van der Waals surface area contributed by atoms with Crippen molar-refractivity contribution >= 4 is 0 Å². The molecule has 0 radical (unpaired) electrons. The average molecular weight is 281 g/mol. The van der Waals surface area contributed by atoms with Crippen LogP contribution in [0.1, 0.15) is 31.2 Å². The highest BCUT2D eigenvalue weighted by Crippen LogP contribution is 2.50. The number of likely N-dealkylation sites (tertiary alicyclic amines) is 1. The fourth-order valence-electron chi connectivity index (χ4n) is 3.66. The fourth-order valence-corrected chi connectivity index (χ4v) is 3.66. The highest BCUT2D eigenvalue weighted by Gasteiger charge is 2.48. The number of nitrogens with zero attached hydrogens (tertiary/aromatic N) is 1. The number of hydrogen-bond acceptors (Lipinski definition) is 2. The predicted molar refractivity (Wildman–Crippen MR) is 73.3 cm³/mol. The summed E-state index contributed by atoms with van der Waals surface area (Å²) < 4.78 is 31.7. The van der Waals surface area contributed by atoms with Crippen molar-refractivity contribution < 1.29 is 13.5 Å². The Hall–Kier alpha value is -1.00. The average Bonchev–Trinajstić information content (AvgIpc) is 2.43. The Kier molecular flexibility index (Phi) is 3.78. The quantitative estimate of drug-likeness (QED) is 0.842. The largest absolute Gasteiger partial charge is 0.381 e. The first-order valence-corrected chi connectivity index (χ1v) is 7.32. The second-order valence-corrected chi connectivity index (χ2v) is 6.15. The minimum atomic E-state index is -0.774. The number of ether oxygens (including phenoxy) is 1. The van der Waals surface area contributed by atoms with E-state index < -0.39 is 11.6 Å². The van der Waals surface area contributed by atoms with E-state index in [1.807, 2.05) is 0 Å². The molecule has 3 rings (SSSR count). The summed E-state index contributed by atoms with van der Waals surface area (Å²) in [5, 5.41) is 0. The first kappa shape index (κ1) is 14.0. The number of piperidine rings is 1. The molecule has 110 valence electrons. The number of hydrogen-bond donors (Lipinski definition) is 0. The van der Waals surface area contributed by atoms with Crippen LogP contribution < -0.4 is 0 Å². The van der Waals surface area contributed by atoms with Crippen LogP contribution in [0, 0.1) is 17.0 Å². The van der Waals surface area contributed by atoms with E-state index >= 15 is 0 Å². The van der Waals surface area contributed by atoms with E-state index in [-0.39, 0.29) is 0 Å². The SMILES string of the molecule is COC1CCC12CCN(Cc1ccc(F)c(F)c1)CC2. The number of halogens is 2. The van der Waals surface area contributed by atoms with E-state index in [0.29, 0.717) is 18.1 Å². The molecule has 1 aromatic rings. The molecule has 2 fully saturated rings. The molecule has 0 bridgehead atoms. The van der Waals surface area contributed by atoms with Gasteiger partial charge in [0.1, 0.15) is 0 Å². The summed E-state index contributed by atoms with van der Waals surface area (Å²) in [5.41, 5.74) is 1.23. The summed E-state index contributed by atoms with van der Waals surface area (Å²) >= 11 is 0. The molecule has 1 saturated carbocycles. The molecule has 1 spiro atoms. The van der Waals surface area contributed by atoms with Gasteiger partial charge in [-0.05, 0) is 61.9 Å². The lowest BCUT2D eigenvalue weighted by atomic mass is 9.61. The molecule has 0 N–H and O–H groups in total. The molecule has 1 unspecified atom stereocenters. The van der Waals surface area contributed by atoms with E-state index in [1.54, 1.807) is 13.2 Å². The molecule has 1 aliphatic heterocycles. The van der Waals surface area contributed by atoms with Gasteiger partial charge in [-0.25, -0.2) is 8.78 Å². The number of methoxy groups -OCH3 is 1. The van der Waals surface area contributed by atoms with Crippen LogP contribution in [-0.4, -0.2) is 31.2 Å². The van der Waals surface area contributed by atoms with Gasteiger partial charge in [0.15, 0.2) is 11.6 Å². The predicted octanol–water partition coefficient (Wildman–Crippen LogP) is 3.36. The number of benzene rings is 1. The molecule has 1 aromatic carbocycles. The lowest BCUT2D eigenvalue weighted by Gasteiger charge is -2.53. The summed E-state index contributed by atoms with van der Waals surface area (Å²) in [6, 6.07) is 4.19. The maximum atomic E-state index is 13.2. The van der Waals surface area contributed by atoms with Crippen LogP contribution in [0.2, 0.25) is 0 Å². The van der Waals surface area contributed by atoms with Gasteiger partial charge < -0.3 is 4.74 Å². The van der Waals surface area contributed by atoms with Crippen molar-refractivity contribution in [3.8, 4) is 0 Å². The second-order valence-electron chi connectivity index (χ2n) is 6.15. The van der Waals surface area contributed by atoms with E-state index in [4.69, 9.17) is 4.74 Å². The van der Waals surface area contributed by atoms with E-state index in [2.05, 4.69) is 4.90 Å². The van der Waals surface area contributed by atoms with Gasteiger partial charge in [0, 0.05) is 13.7 Å². The molecule has 1 heterocycles. The summed E-state index contributed by atoms with van der Waals surface area (Å²) in [4.78, 5) is 2.32. The van der Waals surface area contributed by atoms with Crippen molar-refractivity contribution in [3.63, 3.8) is 0 Å². The van der Waals surface area contributed by atoms with Crippen molar-refractivity contribution in [2.24, 2.45) is 5.41 Å². The van der Waals surface area contributed by atoms with Crippen molar-refractivity contribution in [2.75, 3.05) is 20.2 Å². The van der Waals surface area contributed by atoms with Crippen LogP contribution in [0.5, 0.6) is 0 Å². The third-order valence-corrected chi connectivity index (χ3v) is 5.11. The van der Waals surface area contributed by atoms with Crippen molar-refractivity contribution in [1.82, 2.24) is 4.90 Å². The molecule has 2 aliphatic rings. The highest BCUT2D eigenvalue weighted by atomic mass is 19.2. The van der Waals surface area contributed by atoms with Crippen LogP contribution in [0.3, 0.4) is 0 Å². The number of rotatable bonds is 3. The van der Waals surface area contributed by atoms with Gasteiger partial charge in [-0.2, -0.15) is 0 Å². The molecule has 1 saturated heterocycles. The molecule has 20 heavy (non-hydrogen) atoms. The Morgan fingerprint density at radius 2 is 1.95 bits per heavy atom. The van der Waals surface area contributed by atoms with Gasteiger partial charge in [0.2, 0.25) is 0 Å². The molecule has 4 heteroatoms. The third kappa shape index (κ3) is 2.47. The standard InChI is InChI=1S/C16H21F2NO/c1-20-15-4-5-16(15)6-8-19(9-7-16)11-12-2-3-13(17)14(18)10-12/h2-3,10,15H,4-9,11H2,1H3. The Balaban J connectivity index is 1.57. The highest BCUT2D eigenvalue weighted by molar-refractivity contribution is 5.18. The van der Waals surface area contributed by atoms with Crippen molar-refractivity contribution in [3.05, 3.63) is 35.4 Å². The van der Waals surface area contributed by atoms with E-state index in [0.717, 1.165) is 31.5 Å². The topological polar surface area (TPSA) is 12.5 Å². The second kappa shape index (κ2) is 5.41. The smallest absolute Gasteiger partial charge is 0.159 e. The van der Waals surface area contributed by atoms with Crippen molar-refractivity contribution in [2.45, 2.75) is 38.3 Å². The molecule has 2 nitrogen and oxygen atoms in total. The first-order chi connectivity index (χ1) is 9.63. The van der Waals surface area contributed by atoms with Gasteiger partial charge in [0.25, 0.3) is 0 Å². The Labute approximate surface area is 118 Å². The van der Waals surface area contributed by atoms with E-state index in [1.165, 1.54) is 25.0 Å². The maximum Gasteiger partial charge on any atom is 0.159 e. The molecule has 0 aromatic heterocycles. The molecular formula is C16H21F2NO. The minimum absolute atomic E-state index is 0.388. The van der Waals surface area contributed by atoms with Gasteiger partial charge >= 0.3 is 0 Å². The van der Waals surface area contributed by atoms with Crippen LogP contribution in [0.4, 0.5) is 8.78 Å². The Morgan fingerprint density at radius 1 is 1.20 bits per heavy atom. The Morgan fingerprint density at radius 3 is 2.50 bits per heavy atom. The van der Waals surface area contributed by atoms with Crippen LogP contribution in [-0.2, 0) is 11.3 Å².